The van der Waals surface area contributed by atoms with Gasteiger partial charge >= 0.3 is 0 Å². The Labute approximate surface area is 59.1 Å². The summed E-state index contributed by atoms with van der Waals surface area (Å²) in [6, 6.07) is 1.97. The number of aliphatic hydroxyl groups excluding tert-OH is 1. The van der Waals surface area contributed by atoms with Gasteiger partial charge in [0, 0.05) is 17.8 Å². The topological polar surface area (TPSA) is 48.9 Å². The summed E-state index contributed by atoms with van der Waals surface area (Å²) in [7, 11) is 0. The molecule has 1 aromatic rings. The Hall–Kier alpha value is -0.830. The van der Waals surface area contributed by atoms with Gasteiger partial charge in [-0.3, -0.25) is 5.10 Å². The van der Waals surface area contributed by atoms with E-state index in [2.05, 4.69) is 10.2 Å². The van der Waals surface area contributed by atoms with E-state index in [-0.39, 0.29) is 6.10 Å². The quantitative estimate of drug-likeness (QED) is 0.598. The highest BCUT2D eigenvalue weighted by molar-refractivity contribution is 5.10. The maximum absolute atomic E-state index is 8.98. The summed E-state index contributed by atoms with van der Waals surface area (Å²) in [4.78, 5) is 0. The van der Waals surface area contributed by atoms with Gasteiger partial charge in [-0.25, -0.2) is 0 Å². The van der Waals surface area contributed by atoms with Crippen molar-refractivity contribution >= 4 is 0 Å². The zero-order chi connectivity index (χ0) is 6.97. The molecule has 0 saturated heterocycles. The molecule has 1 aliphatic carbocycles. The minimum atomic E-state index is -0.0756. The van der Waals surface area contributed by atoms with Crippen molar-refractivity contribution < 1.29 is 5.11 Å². The normalized spacial score (nSPS) is 31.7. The van der Waals surface area contributed by atoms with Crippen LogP contribution >= 0.6 is 0 Å². The van der Waals surface area contributed by atoms with E-state index in [1.807, 2.05) is 6.07 Å². The van der Waals surface area contributed by atoms with E-state index in [0.717, 1.165) is 18.5 Å². The molecule has 3 heteroatoms. The Bertz CT molecular complexity index is 201. The second-order valence-corrected chi connectivity index (χ2v) is 2.83. The first-order valence-corrected chi connectivity index (χ1v) is 3.53. The molecule has 10 heavy (non-hydrogen) atoms. The van der Waals surface area contributed by atoms with Crippen LogP contribution in [0.2, 0.25) is 0 Å². The Morgan fingerprint density at radius 2 is 2.40 bits per heavy atom. The maximum Gasteiger partial charge on any atom is 0.0553 e. The molecule has 54 valence electrons. The van der Waals surface area contributed by atoms with Crippen LogP contribution in [0, 0.1) is 0 Å². The van der Waals surface area contributed by atoms with Gasteiger partial charge < -0.3 is 5.11 Å². The van der Waals surface area contributed by atoms with Crippen LogP contribution in [-0.2, 0) is 0 Å². The second-order valence-electron chi connectivity index (χ2n) is 2.83. The number of nitrogens with zero attached hydrogens (tertiary/aromatic N) is 1. The standard InChI is InChI=1S/C7H10N2O/c10-6-3-5(4-6)7-1-2-8-9-7/h1-2,5-6,10H,3-4H2,(H,8,9). The summed E-state index contributed by atoms with van der Waals surface area (Å²) >= 11 is 0. The van der Waals surface area contributed by atoms with Crippen molar-refractivity contribution in [2.45, 2.75) is 24.9 Å². The Balaban J connectivity index is 2.04. The Morgan fingerprint density at radius 3 is 2.90 bits per heavy atom. The highest BCUT2D eigenvalue weighted by atomic mass is 16.3. The average molecular weight is 138 g/mol. The van der Waals surface area contributed by atoms with Crippen molar-refractivity contribution in [1.29, 1.82) is 0 Å². The number of aliphatic hydroxyl groups is 1. The van der Waals surface area contributed by atoms with Crippen LogP contribution in [0.5, 0.6) is 0 Å². The molecule has 0 bridgehead atoms. The van der Waals surface area contributed by atoms with Gasteiger partial charge in [-0.05, 0) is 18.9 Å². The van der Waals surface area contributed by atoms with E-state index in [1.165, 1.54) is 0 Å². The molecule has 1 aliphatic rings. The molecule has 0 radical (unpaired) electrons. The van der Waals surface area contributed by atoms with Gasteiger partial charge in [0.2, 0.25) is 0 Å². The number of H-pyrrole nitrogens is 1. The Morgan fingerprint density at radius 1 is 1.60 bits per heavy atom. The average Bonchev–Trinajstić information content (AvgIpc) is 2.31. The summed E-state index contributed by atoms with van der Waals surface area (Å²) in [5.41, 5.74) is 1.16. The van der Waals surface area contributed by atoms with Crippen molar-refractivity contribution in [3.8, 4) is 0 Å². The molecule has 2 N–H and O–H groups in total. The molecule has 0 atom stereocenters. The van der Waals surface area contributed by atoms with Crippen LogP contribution < -0.4 is 0 Å². The summed E-state index contributed by atoms with van der Waals surface area (Å²) in [6.07, 6.45) is 3.46. The predicted molar refractivity (Wildman–Crippen MR) is 36.6 cm³/mol. The molecule has 3 nitrogen and oxygen atoms in total. The number of rotatable bonds is 1. The molecule has 0 unspecified atom stereocenters. The van der Waals surface area contributed by atoms with Crippen molar-refractivity contribution in [3.63, 3.8) is 0 Å². The summed E-state index contributed by atoms with van der Waals surface area (Å²) in [5, 5.41) is 15.7. The summed E-state index contributed by atoms with van der Waals surface area (Å²) in [5.74, 6) is 0.525. The fourth-order valence-corrected chi connectivity index (χ4v) is 1.34. The third-order valence-electron chi connectivity index (χ3n) is 2.08. The van der Waals surface area contributed by atoms with Crippen molar-refractivity contribution in [3.05, 3.63) is 18.0 Å². The lowest BCUT2D eigenvalue weighted by Crippen LogP contribution is -2.26. The summed E-state index contributed by atoms with van der Waals surface area (Å²) < 4.78 is 0. The molecule has 2 rings (SSSR count). The largest absolute Gasteiger partial charge is 0.393 e. The lowest BCUT2D eigenvalue weighted by Gasteiger charge is -2.29. The van der Waals surface area contributed by atoms with E-state index in [9.17, 15) is 0 Å². The van der Waals surface area contributed by atoms with E-state index in [1.54, 1.807) is 6.20 Å². The number of nitrogens with one attached hydrogen (secondary N) is 1. The minimum Gasteiger partial charge on any atom is -0.393 e. The third kappa shape index (κ3) is 0.827. The van der Waals surface area contributed by atoms with Crippen LogP contribution in [0.4, 0.5) is 0 Å². The van der Waals surface area contributed by atoms with Gasteiger partial charge in [-0.2, -0.15) is 5.10 Å². The molecule has 0 aromatic carbocycles. The highest BCUT2D eigenvalue weighted by Gasteiger charge is 2.29. The SMILES string of the molecule is OC1CC(c2ccn[nH]2)C1. The van der Waals surface area contributed by atoms with E-state index in [4.69, 9.17) is 5.11 Å². The molecule has 1 aromatic heterocycles. The van der Waals surface area contributed by atoms with Gasteiger partial charge in [0.05, 0.1) is 6.10 Å². The highest BCUT2D eigenvalue weighted by Crippen LogP contribution is 2.35. The zero-order valence-electron chi connectivity index (χ0n) is 5.62. The molecule has 0 aliphatic heterocycles. The fourth-order valence-electron chi connectivity index (χ4n) is 1.34. The second kappa shape index (κ2) is 2.09. The van der Waals surface area contributed by atoms with Crippen LogP contribution in [-0.4, -0.2) is 21.4 Å². The van der Waals surface area contributed by atoms with Gasteiger partial charge in [-0.15, -0.1) is 0 Å². The van der Waals surface area contributed by atoms with Gasteiger partial charge in [0.1, 0.15) is 0 Å². The molecule has 0 spiro atoms. The molecule has 1 heterocycles. The third-order valence-corrected chi connectivity index (χ3v) is 2.08. The zero-order valence-corrected chi connectivity index (χ0v) is 5.62. The van der Waals surface area contributed by atoms with Gasteiger partial charge in [0.15, 0.2) is 0 Å². The molecule has 0 amide bonds. The first kappa shape index (κ1) is 5.92. The van der Waals surface area contributed by atoms with Crippen LogP contribution in [0.15, 0.2) is 12.3 Å². The first-order chi connectivity index (χ1) is 4.86. The maximum atomic E-state index is 8.98. The summed E-state index contributed by atoms with van der Waals surface area (Å²) in [6.45, 7) is 0. The van der Waals surface area contributed by atoms with Crippen LogP contribution in [0.3, 0.4) is 0 Å². The van der Waals surface area contributed by atoms with Crippen molar-refractivity contribution in [1.82, 2.24) is 10.2 Å². The number of hydrogen-bond acceptors (Lipinski definition) is 2. The first-order valence-electron chi connectivity index (χ1n) is 3.53. The van der Waals surface area contributed by atoms with Crippen molar-refractivity contribution in [2.24, 2.45) is 0 Å². The molecular formula is C7H10N2O. The van der Waals surface area contributed by atoms with Crippen molar-refractivity contribution in [2.75, 3.05) is 0 Å². The molecule has 1 saturated carbocycles. The lowest BCUT2D eigenvalue weighted by molar-refractivity contribution is 0.0732. The van der Waals surface area contributed by atoms with Gasteiger partial charge in [0.25, 0.3) is 0 Å². The lowest BCUT2D eigenvalue weighted by atomic mass is 9.80. The van der Waals surface area contributed by atoms with Crippen LogP contribution in [0.25, 0.3) is 0 Å². The number of aromatic nitrogens is 2. The number of aromatic amines is 1. The predicted octanol–water partition coefficient (Wildman–Crippen LogP) is 0.648. The smallest absolute Gasteiger partial charge is 0.0553 e. The van der Waals surface area contributed by atoms with E-state index in [0.29, 0.717) is 5.92 Å². The molecular weight excluding hydrogens is 128 g/mol. The number of hydrogen-bond donors (Lipinski definition) is 2. The van der Waals surface area contributed by atoms with E-state index < -0.39 is 0 Å². The monoisotopic (exact) mass is 138 g/mol. The molecule has 1 fully saturated rings. The minimum absolute atomic E-state index is 0.0756. The van der Waals surface area contributed by atoms with Gasteiger partial charge in [-0.1, -0.05) is 0 Å². The van der Waals surface area contributed by atoms with Crippen LogP contribution in [0.1, 0.15) is 24.5 Å². The van der Waals surface area contributed by atoms with E-state index >= 15 is 0 Å². The fraction of sp³-hybridized carbons (Fsp3) is 0.571. The Kier molecular flexibility index (Phi) is 1.24.